The molecule has 0 aliphatic carbocycles. The Morgan fingerprint density at radius 1 is 0.931 bits per heavy atom. The van der Waals surface area contributed by atoms with E-state index in [-0.39, 0.29) is 17.4 Å². The van der Waals surface area contributed by atoms with Gasteiger partial charge in [-0.1, -0.05) is 6.07 Å². The van der Waals surface area contributed by atoms with Gasteiger partial charge in [-0.3, -0.25) is 4.99 Å². The molecule has 150 valence electrons. The van der Waals surface area contributed by atoms with Crippen LogP contribution in [0.1, 0.15) is 29.3 Å². The first-order valence-corrected chi connectivity index (χ1v) is 9.59. The molecule has 0 N–H and O–H groups in total. The predicted molar refractivity (Wildman–Crippen MR) is 101 cm³/mol. The van der Waals surface area contributed by atoms with E-state index in [4.69, 9.17) is 0 Å². The van der Waals surface area contributed by atoms with Crippen LogP contribution in [0.5, 0.6) is 5.75 Å². The van der Waals surface area contributed by atoms with E-state index in [0.29, 0.717) is 18.6 Å². The minimum Gasteiger partial charge on any atom is -0.406 e. The van der Waals surface area contributed by atoms with Gasteiger partial charge >= 0.3 is 6.36 Å². The van der Waals surface area contributed by atoms with Crippen molar-refractivity contribution in [2.24, 2.45) is 4.99 Å². The summed E-state index contributed by atoms with van der Waals surface area (Å²) >= 11 is 1.45. The second-order valence-corrected chi connectivity index (χ2v) is 7.62. The molecule has 0 amide bonds. The molecule has 1 aliphatic heterocycles. The molecule has 2 heterocycles. The van der Waals surface area contributed by atoms with Crippen molar-refractivity contribution < 1.29 is 26.7 Å². The first-order chi connectivity index (χ1) is 13.8. The molecule has 0 spiro atoms. The van der Waals surface area contributed by atoms with E-state index >= 15 is 0 Å². The average molecular weight is 423 g/mol. The highest BCUT2D eigenvalue weighted by Gasteiger charge is 2.31. The van der Waals surface area contributed by atoms with Crippen molar-refractivity contribution in [2.75, 3.05) is 0 Å². The Balaban J connectivity index is 1.53. The minimum absolute atomic E-state index is 0.0768. The molecule has 1 aromatic heterocycles. The molecule has 2 aromatic carbocycles. The maximum atomic E-state index is 14.0. The van der Waals surface area contributed by atoms with Crippen molar-refractivity contribution in [3.05, 3.63) is 76.7 Å². The van der Waals surface area contributed by atoms with E-state index in [1.54, 1.807) is 12.1 Å². The molecule has 1 unspecified atom stereocenters. The van der Waals surface area contributed by atoms with Crippen LogP contribution in [-0.2, 0) is 0 Å². The second kappa shape index (κ2) is 7.59. The van der Waals surface area contributed by atoms with Crippen LogP contribution < -0.4 is 4.74 Å². The fourth-order valence-electron chi connectivity index (χ4n) is 3.27. The topological polar surface area (TPSA) is 21.6 Å². The lowest BCUT2D eigenvalue weighted by molar-refractivity contribution is -0.274. The largest absolute Gasteiger partial charge is 0.573 e. The molecular formula is C21H14F5NOS. The van der Waals surface area contributed by atoms with E-state index in [9.17, 15) is 22.0 Å². The van der Waals surface area contributed by atoms with E-state index in [0.717, 1.165) is 15.3 Å². The summed E-state index contributed by atoms with van der Waals surface area (Å²) in [6.07, 6.45) is -3.62. The zero-order valence-corrected chi connectivity index (χ0v) is 15.7. The fraction of sp³-hybridized carbons (Fsp3) is 0.190. The number of hydrogen-bond acceptors (Lipinski definition) is 3. The molecule has 8 heteroatoms. The van der Waals surface area contributed by atoms with Gasteiger partial charge in [-0.25, -0.2) is 8.78 Å². The normalized spacial score (nSPS) is 16.7. The Bertz CT molecular complexity index is 1040. The van der Waals surface area contributed by atoms with Crippen LogP contribution in [0.2, 0.25) is 0 Å². The van der Waals surface area contributed by atoms with Crippen LogP contribution >= 0.6 is 11.3 Å². The second-order valence-electron chi connectivity index (χ2n) is 6.50. The monoisotopic (exact) mass is 423 g/mol. The summed E-state index contributed by atoms with van der Waals surface area (Å²) in [4.78, 5) is 6.31. The summed E-state index contributed by atoms with van der Waals surface area (Å²) in [6, 6.07) is 12.9. The standard InChI is InChI=1S/C21H14F5NOS/c22-14-2-1-3-15(23)20(14)17-9-8-16(27-17)19-11-10-18(29-19)12-4-6-13(7-5-12)28-21(24,25)26/h1-7,10-11,16H,8-9H2. The number of thiophene rings is 1. The molecular weight excluding hydrogens is 409 g/mol. The molecule has 0 saturated carbocycles. The zero-order chi connectivity index (χ0) is 20.6. The Hall–Kier alpha value is -2.74. The van der Waals surface area contributed by atoms with Crippen molar-refractivity contribution in [3.8, 4) is 16.2 Å². The fourth-order valence-corrected chi connectivity index (χ4v) is 4.35. The van der Waals surface area contributed by atoms with Crippen LogP contribution in [0.3, 0.4) is 0 Å². The van der Waals surface area contributed by atoms with Gasteiger partial charge in [-0.2, -0.15) is 0 Å². The van der Waals surface area contributed by atoms with E-state index in [2.05, 4.69) is 9.73 Å². The molecule has 0 bridgehead atoms. The zero-order valence-electron chi connectivity index (χ0n) is 14.8. The lowest BCUT2D eigenvalue weighted by Gasteiger charge is -2.08. The number of rotatable bonds is 4. The average Bonchev–Trinajstić information content (AvgIpc) is 3.30. The van der Waals surface area contributed by atoms with Gasteiger partial charge in [-0.05, 0) is 66.9 Å². The smallest absolute Gasteiger partial charge is 0.406 e. The Kier molecular flexibility index (Phi) is 5.12. The Labute approximate surface area is 167 Å². The highest BCUT2D eigenvalue weighted by molar-refractivity contribution is 7.15. The molecule has 1 aliphatic rings. The summed E-state index contributed by atoms with van der Waals surface area (Å²) in [5.41, 5.74) is 1.08. The van der Waals surface area contributed by atoms with E-state index < -0.39 is 18.0 Å². The molecule has 29 heavy (non-hydrogen) atoms. The van der Waals surface area contributed by atoms with Gasteiger partial charge in [0.1, 0.15) is 17.4 Å². The van der Waals surface area contributed by atoms with Gasteiger partial charge in [-0.15, -0.1) is 24.5 Å². The quantitative estimate of drug-likeness (QED) is 0.418. The summed E-state index contributed by atoms with van der Waals surface area (Å²) in [5, 5.41) is 0. The number of alkyl halides is 3. The molecule has 0 radical (unpaired) electrons. The maximum absolute atomic E-state index is 14.0. The van der Waals surface area contributed by atoms with E-state index in [1.807, 2.05) is 12.1 Å². The molecule has 0 saturated heterocycles. The predicted octanol–water partition coefficient (Wildman–Crippen LogP) is 6.92. The van der Waals surface area contributed by atoms with Crippen molar-refractivity contribution >= 4 is 17.0 Å². The number of halogens is 5. The van der Waals surface area contributed by atoms with Crippen LogP contribution in [0.25, 0.3) is 10.4 Å². The van der Waals surface area contributed by atoms with Gasteiger partial charge in [0.25, 0.3) is 0 Å². The SMILES string of the molecule is Fc1cccc(F)c1C1=NC(c2ccc(-c3ccc(OC(F)(F)F)cc3)s2)CC1. The highest BCUT2D eigenvalue weighted by atomic mass is 32.1. The van der Waals surface area contributed by atoms with Gasteiger partial charge in [0, 0.05) is 15.5 Å². The van der Waals surface area contributed by atoms with Gasteiger partial charge in [0.15, 0.2) is 0 Å². The number of hydrogen-bond donors (Lipinski definition) is 0. The third-order valence-corrected chi connectivity index (χ3v) is 5.78. The molecule has 4 rings (SSSR count). The summed E-state index contributed by atoms with van der Waals surface area (Å²) in [7, 11) is 0. The third-order valence-electron chi connectivity index (χ3n) is 4.55. The van der Waals surface area contributed by atoms with Crippen LogP contribution in [0.15, 0.2) is 59.6 Å². The Morgan fingerprint density at radius 2 is 1.62 bits per heavy atom. The first kappa shape index (κ1) is 19.6. The molecule has 1 atom stereocenters. The molecule has 3 aromatic rings. The third kappa shape index (κ3) is 4.32. The maximum Gasteiger partial charge on any atom is 0.573 e. The van der Waals surface area contributed by atoms with E-state index in [1.165, 1.54) is 41.7 Å². The number of nitrogens with zero attached hydrogens (tertiary/aromatic N) is 1. The van der Waals surface area contributed by atoms with Crippen molar-refractivity contribution in [3.63, 3.8) is 0 Å². The van der Waals surface area contributed by atoms with Crippen molar-refractivity contribution in [1.29, 1.82) is 0 Å². The summed E-state index contributed by atoms with van der Waals surface area (Å²) < 4.78 is 68.7. The summed E-state index contributed by atoms with van der Waals surface area (Å²) in [5.74, 6) is -1.54. The minimum atomic E-state index is -4.73. The number of benzene rings is 2. The molecule has 2 nitrogen and oxygen atoms in total. The Morgan fingerprint density at radius 3 is 2.28 bits per heavy atom. The van der Waals surface area contributed by atoms with Gasteiger partial charge < -0.3 is 4.74 Å². The van der Waals surface area contributed by atoms with Crippen molar-refractivity contribution in [1.82, 2.24) is 0 Å². The van der Waals surface area contributed by atoms with Crippen LogP contribution in [0.4, 0.5) is 22.0 Å². The van der Waals surface area contributed by atoms with Gasteiger partial charge in [0.2, 0.25) is 0 Å². The van der Waals surface area contributed by atoms with Crippen molar-refractivity contribution in [2.45, 2.75) is 25.2 Å². The lowest BCUT2D eigenvalue weighted by Crippen LogP contribution is -2.16. The number of ether oxygens (including phenoxy) is 1. The van der Waals surface area contributed by atoms with Crippen LogP contribution in [0, 0.1) is 11.6 Å². The summed E-state index contributed by atoms with van der Waals surface area (Å²) in [6.45, 7) is 0. The number of aliphatic imine (C=N–C) groups is 1. The lowest BCUT2D eigenvalue weighted by atomic mass is 10.1. The van der Waals surface area contributed by atoms with Gasteiger partial charge in [0.05, 0.1) is 11.6 Å². The van der Waals surface area contributed by atoms with Crippen LogP contribution in [-0.4, -0.2) is 12.1 Å². The highest BCUT2D eigenvalue weighted by Crippen LogP contribution is 2.39. The first-order valence-electron chi connectivity index (χ1n) is 8.77. The molecule has 0 fully saturated rings.